The van der Waals surface area contributed by atoms with E-state index in [-0.39, 0.29) is 17.9 Å². The predicted molar refractivity (Wildman–Crippen MR) is 111 cm³/mol. The zero-order valence-corrected chi connectivity index (χ0v) is 16.9. The van der Waals surface area contributed by atoms with Crippen molar-refractivity contribution >= 4 is 22.7 Å². The molecule has 0 N–H and O–H groups in total. The number of carbonyl (C=O) groups excluding carboxylic acids is 2. The minimum absolute atomic E-state index is 0.0231. The van der Waals surface area contributed by atoms with Gasteiger partial charge < -0.3 is 14.5 Å². The Balaban J connectivity index is 1.39. The van der Waals surface area contributed by atoms with E-state index < -0.39 is 0 Å². The Morgan fingerprint density at radius 2 is 2.03 bits per heavy atom. The highest BCUT2D eigenvalue weighted by Crippen LogP contribution is 2.21. The molecule has 2 aromatic rings. The molecular weight excluding hydrogens is 368 g/mol. The van der Waals surface area contributed by atoms with Gasteiger partial charge >= 0.3 is 0 Å². The third-order valence-electron chi connectivity index (χ3n) is 5.91. The highest BCUT2D eigenvalue weighted by atomic mass is 16.5. The molecule has 3 heterocycles. The SMILES string of the molecule is CC(=O)N(CCN1CCOCC1)C1CCN(C(=O)c2ccc3ncccc3c2)C1. The number of amides is 2. The Hall–Kier alpha value is -2.51. The first-order valence-corrected chi connectivity index (χ1v) is 10.3. The van der Waals surface area contributed by atoms with E-state index in [9.17, 15) is 9.59 Å². The molecule has 1 aromatic carbocycles. The van der Waals surface area contributed by atoms with Crippen LogP contribution in [0.25, 0.3) is 10.9 Å². The topological polar surface area (TPSA) is 66.0 Å². The summed E-state index contributed by atoms with van der Waals surface area (Å²) in [6, 6.07) is 9.56. The van der Waals surface area contributed by atoms with Gasteiger partial charge in [-0.25, -0.2) is 0 Å². The van der Waals surface area contributed by atoms with Crippen LogP contribution in [0, 0.1) is 0 Å². The van der Waals surface area contributed by atoms with Crippen LogP contribution in [-0.4, -0.2) is 90.0 Å². The first-order valence-electron chi connectivity index (χ1n) is 10.3. The van der Waals surface area contributed by atoms with E-state index in [0.29, 0.717) is 25.2 Å². The lowest BCUT2D eigenvalue weighted by molar-refractivity contribution is -0.131. The summed E-state index contributed by atoms with van der Waals surface area (Å²) in [5, 5.41) is 0.963. The summed E-state index contributed by atoms with van der Waals surface area (Å²) in [5.74, 6) is 0.101. The molecule has 2 saturated heterocycles. The van der Waals surface area contributed by atoms with Gasteiger partial charge in [-0.2, -0.15) is 0 Å². The molecule has 1 atom stereocenters. The Kier molecular flexibility index (Phi) is 6.06. The molecule has 2 aliphatic heterocycles. The van der Waals surface area contributed by atoms with E-state index in [2.05, 4.69) is 9.88 Å². The number of pyridine rings is 1. The molecule has 4 rings (SSSR count). The lowest BCUT2D eigenvalue weighted by atomic mass is 10.1. The van der Waals surface area contributed by atoms with Crippen molar-refractivity contribution in [3.63, 3.8) is 0 Å². The van der Waals surface area contributed by atoms with Gasteiger partial charge in [-0.1, -0.05) is 6.07 Å². The summed E-state index contributed by atoms with van der Waals surface area (Å²) in [6.07, 6.45) is 2.58. The Labute approximate surface area is 171 Å². The maximum Gasteiger partial charge on any atom is 0.253 e. The summed E-state index contributed by atoms with van der Waals surface area (Å²) in [5.41, 5.74) is 1.56. The number of rotatable bonds is 5. The van der Waals surface area contributed by atoms with Gasteiger partial charge in [0.15, 0.2) is 0 Å². The second kappa shape index (κ2) is 8.88. The van der Waals surface area contributed by atoms with Crippen LogP contribution in [-0.2, 0) is 9.53 Å². The van der Waals surface area contributed by atoms with Crippen molar-refractivity contribution in [2.24, 2.45) is 0 Å². The lowest BCUT2D eigenvalue weighted by Crippen LogP contribution is -2.47. The van der Waals surface area contributed by atoms with Gasteiger partial charge in [0, 0.05) is 63.3 Å². The van der Waals surface area contributed by atoms with Crippen LogP contribution in [0.15, 0.2) is 36.5 Å². The number of carbonyl (C=O) groups is 2. The number of hydrogen-bond donors (Lipinski definition) is 0. The van der Waals surface area contributed by atoms with Crippen LogP contribution in [0.3, 0.4) is 0 Å². The number of aromatic nitrogens is 1. The summed E-state index contributed by atoms with van der Waals surface area (Å²) >= 11 is 0. The number of morpholine rings is 1. The zero-order chi connectivity index (χ0) is 20.2. The van der Waals surface area contributed by atoms with E-state index in [1.54, 1.807) is 13.1 Å². The van der Waals surface area contributed by atoms with Gasteiger partial charge in [0.2, 0.25) is 5.91 Å². The van der Waals surface area contributed by atoms with E-state index >= 15 is 0 Å². The van der Waals surface area contributed by atoms with Gasteiger partial charge in [0.1, 0.15) is 0 Å². The molecular formula is C22H28N4O3. The molecule has 0 bridgehead atoms. The molecule has 2 amide bonds. The van der Waals surface area contributed by atoms with E-state index in [4.69, 9.17) is 4.74 Å². The molecule has 7 nitrogen and oxygen atoms in total. The standard InChI is InChI=1S/C22H28N4O3/c1-17(27)26(10-9-24-11-13-29-14-12-24)20-6-8-25(16-20)22(28)19-4-5-21-18(15-19)3-2-7-23-21/h2-5,7,15,20H,6,8-14,16H2,1H3. The molecule has 1 aromatic heterocycles. The lowest BCUT2D eigenvalue weighted by Gasteiger charge is -2.32. The van der Waals surface area contributed by atoms with E-state index in [1.807, 2.05) is 40.1 Å². The molecule has 0 saturated carbocycles. The molecule has 154 valence electrons. The van der Waals surface area contributed by atoms with Gasteiger partial charge in [0.25, 0.3) is 5.91 Å². The second-order valence-corrected chi connectivity index (χ2v) is 7.77. The number of ether oxygens (including phenoxy) is 1. The maximum atomic E-state index is 13.0. The largest absolute Gasteiger partial charge is 0.379 e. The third-order valence-corrected chi connectivity index (χ3v) is 5.91. The quantitative estimate of drug-likeness (QED) is 0.769. The number of benzene rings is 1. The molecule has 0 spiro atoms. The normalized spacial score (nSPS) is 20.2. The zero-order valence-electron chi connectivity index (χ0n) is 16.9. The Morgan fingerprint density at radius 1 is 1.21 bits per heavy atom. The van der Waals surface area contributed by atoms with Gasteiger partial charge in [0.05, 0.1) is 24.8 Å². The number of nitrogens with zero attached hydrogens (tertiary/aromatic N) is 4. The van der Waals surface area contributed by atoms with Crippen LogP contribution in [0.1, 0.15) is 23.7 Å². The minimum Gasteiger partial charge on any atom is -0.379 e. The fraction of sp³-hybridized carbons (Fsp3) is 0.500. The van der Waals surface area contributed by atoms with Crippen LogP contribution < -0.4 is 0 Å². The van der Waals surface area contributed by atoms with E-state index in [1.165, 1.54) is 0 Å². The summed E-state index contributed by atoms with van der Waals surface area (Å²) in [6.45, 7) is 7.78. The monoisotopic (exact) mass is 396 g/mol. The first kappa shape index (κ1) is 19.8. The average Bonchev–Trinajstić information content (AvgIpc) is 3.23. The molecule has 1 unspecified atom stereocenters. The van der Waals surface area contributed by atoms with Crippen molar-refractivity contribution in [1.29, 1.82) is 0 Å². The van der Waals surface area contributed by atoms with Crippen molar-refractivity contribution in [2.45, 2.75) is 19.4 Å². The minimum atomic E-state index is 0.0231. The predicted octanol–water partition coefficient (Wildman–Crippen LogP) is 1.63. The number of hydrogen-bond acceptors (Lipinski definition) is 5. The van der Waals surface area contributed by atoms with Crippen molar-refractivity contribution in [3.8, 4) is 0 Å². The van der Waals surface area contributed by atoms with Crippen LogP contribution >= 0.6 is 0 Å². The highest BCUT2D eigenvalue weighted by Gasteiger charge is 2.32. The fourth-order valence-corrected chi connectivity index (χ4v) is 4.24. The van der Waals surface area contributed by atoms with Crippen molar-refractivity contribution in [1.82, 2.24) is 19.7 Å². The van der Waals surface area contributed by atoms with Gasteiger partial charge in [-0.3, -0.25) is 19.5 Å². The van der Waals surface area contributed by atoms with Crippen LogP contribution in [0.4, 0.5) is 0 Å². The molecule has 29 heavy (non-hydrogen) atoms. The molecule has 0 aliphatic carbocycles. The molecule has 2 aliphatic rings. The van der Waals surface area contributed by atoms with Crippen LogP contribution in [0.2, 0.25) is 0 Å². The van der Waals surface area contributed by atoms with Crippen molar-refractivity contribution < 1.29 is 14.3 Å². The molecule has 7 heteroatoms. The Bertz CT molecular complexity index is 881. The molecule has 2 fully saturated rings. The van der Waals surface area contributed by atoms with Gasteiger partial charge in [-0.15, -0.1) is 0 Å². The first-order chi connectivity index (χ1) is 14.1. The third kappa shape index (κ3) is 4.57. The van der Waals surface area contributed by atoms with Crippen LogP contribution in [0.5, 0.6) is 0 Å². The number of likely N-dealkylation sites (tertiary alicyclic amines) is 1. The van der Waals surface area contributed by atoms with Gasteiger partial charge in [-0.05, 0) is 30.7 Å². The fourth-order valence-electron chi connectivity index (χ4n) is 4.24. The Morgan fingerprint density at radius 3 is 2.83 bits per heavy atom. The molecule has 0 radical (unpaired) electrons. The summed E-state index contributed by atoms with van der Waals surface area (Å²) in [4.78, 5) is 35.7. The number of fused-ring (bicyclic) bond motifs is 1. The second-order valence-electron chi connectivity index (χ2n) is 7.77. The smallest absolute Gasteiger partial charge is 0.253 e. The summed E-state index contributed by atoms with van der Waals surface area (Å²) in [7, 11) is 0. The maximum absolute atomic E-state index is 13.0. The van der Waals surface area contributed by atoms with Crippen molar-refractivity contribution in [2.75, 3.05) is 52.5 Å². The summed E-state index contributed by atoms with van der Waals surface area (Å²) < 4.78 is 5.39. The average molecular weight is 396 g/mol. The highest BCUT2D eigenvalue weighted by molar-refractivity contribution is 5.98. The van der Waals surface area contributed by atoms with Crippen molar-refractivity contribution in [3.05, 3.63) is 42.1 Å². The van der Waals surface area contributed by atoms with E-state index in [0.717, 1.165) is 50.2 Å².